The van der Waals surface area contributed by atoms with E-state index in [0.29, 0.717) is 16.9 Å². The number of rotatable bonds is 7. The normalized spacial score (nSPS) is 16.0. The molecule has 168 valence electrons. The summed E-state index contributed by atoms with van der Waals surface area (Å²) in [6.45, 7) is 7.54. The van der Waals surface area contributed by atoms with E-state index in [4.69, 9.17) is 4.74 Å². The third-order valence-electron chi connectivity index (χ3n) is 5.16. The van der Waals surface area contributed by atoms with Gasteiger partial charge in [-0.2, -0.15) is 0 Å². The minimum absolute atomic E-state index is 0.176. The number of hydrogen-bond donors (Lipinski definition) is 1. The summed E-state index contributed by atoms with van der Waals surface area (Å²) in [7, 11) is 0. The molecule has 1 heterocycles. The molecule has 0 aliphatic carbocycles. The number of nitrogens with zero attached hydrogens (tertiary/aromatic N) is 2. The summed E-state index contributed by atoms with van der Waals surface area (Å²) >= 11 is 0. The number of benzene rings is 2. The second-order valence-electron chi connectivity index (χ2n) is 7.86. The molecule has 0 bridgehead atoms. The monoisotopic (exact) mass is 437 g/mol. The highest BCUT2D eigenvalue weighted by atomic mass is 16.5. The van der Waals surface area contributed by atoms with Gasteiger partial charge in [0.2, 0.25) is 5.91 Å². The van der Waals surface area contributed by atoms with Crippen LogP contribution in [0.25, 0.3) is 0 Å². The van der Waals surface area contributed by atoms with E-state index in [9.17, 15) is 19.2 Å². The van der Waals surface area contributed by atoms with E-state index in [1.807, 2.05) is 32.9 Å². The Morgan fingerprint density at radius 2 is 1.66 bits per heavy atom. The summed E-state index contributed by atoms with van der Waals surface area (Å²) in [4.78, 5) is 53.1. The zero-order valence-electron chi connectivity index (χ0n) is 18.6. The third kappa shape index (κ3) is 4.80. The van der Waals surface area contributed by atoms with Crippen LogP contribution >= 0.6 is 0 Å². The molecule has 1 saturated heterocycles. The van der Waals surface area contributed by atoms with Crippen molar-refractivity contribution in [2.75, 3.05) is 16.8 Å². The average Bonchev–Trinajstić information content (AvgIpc) is 2.99. The van der Waals surface area contributed by atoms with Crippen LogP contribution in [0.15, 0.2) is 48.5 Å². The predicted molar refractivity (Wildman–Crippen MR) is 120 cm³/mol. The number of esters is 1. The van der Waals surface area contributed by atoms with E-state index in [1.54, 1.807) is 43.3 Å². The van der Waals surface area contributed by atoms with Crippen LogP contribution in [-0.2, 0) is 14.3 Å². The predicted octanol–water partition coefficient (Wildman–Crippen LogP) is 3.75. The molecule has 3 rings (SSSR count). The van der Waals surface area contributed by atoms with Crippen molar-refractivity contribution in [3.05, 3.63) is 59.7 Å². The molecule has 0 aromatic heterocycles. The number of urea groups is 1. The molecule has 8 heteroatoms. The molecule has 0 unspecified atom stereocenters. The van der Waals surface area contributed by atoms with Crippen molar-refractivity contribution in [1.29, 1.82) is 0 Å². The Kier molecular flexibility index (Phi) is 6.92. The highest BCUT2D eigenvalue weighted by Crippen LogP contribution is 2.29. The van der Waals surface area contributed by atoms with E-state index in [2.05, 4.69) is 5.32 Å². The Morgan fingerprint density at radius 1 is 1.03 bits per heavy atom. The molecule has 2 aromatic carbocycles. The van der Waals surface area contributed by atoms with Crippen molar-refractivity contribution < 1.29 is 23.9 Å². The maximum absolute atomic E-state index is 13.1. The minimum Gasteiger partial charge on any atom is -0.462 e. The van der Waals surface area contributed by atoms with Crippen molar-refractivity contribution in [3.8, 4) is 0 Å². The number of carbonyl (C=O) groups excluding carboxylic acids is 4. The maximum atomic E-state index is 13.1. The summed E-state index contributed by atoms with van der Waals surface area (Å²) < 4.78 is 4.94. The number of imide groups is 1. The molecule has 1 atom stereocenters. The molecule has 2 aromatic rings. The summed E-state index contributed by atoms with van der Waals surface area (Å²) in [6, 6.07) is 11.8. The second kappa shape index (κ2) is 9.64. The fraction of sp³-hybridized carbons (Fsp3) is 0.333. The van der Waals surface area contributed by atoms with E-state index < -0.39 is 29.9 Å². The van der Waals surface area contributed by atoms with E-state index in [0.717, 1.165) is 10.5 Å². The molecule has 0 saturated carbocycles. The van der Waals surface area contributed by atoms with Crippen LogP contribution in [0.1, 0.15) is 43.1 Å². The van der Waals surface area contributed by atoms with Crippen LogP contribution in [0.3, 0.4) is 0 Å². The molecule has 8 nitrogen and oxygen atoms in total. The average molecular weight is 437 g/mol. The molecular formula is C24H27N3O5. The number of carbonyl (C=O) groups is 4. The summed E-state index contributed by atoms with van der Waals surface area (Å²) in [6.07, 6.45) is -0.176. The van der Waals surface area contributed by atoms with Crippen LogP contribution < -0.4 is 10.2 Å². The number of hydrogen-bond acceptors (Lipinski definition) is 5. The lowest BCUT2D eigenvalue weighted by Crippen LogP contribution is -2.42. The van der Waals surface area contributed by atoms with Gasteiger partial charge in [-0.05, 0) is 64.1 Å². The van der Waals surface area contributed by atoms with Crippen LogP contribution in [0.5, 0.6) is 0 Å². The Labute approximate surface area is 187 Å². The van der Waals surface area contributed by atoms with Crippen molar-refractivity contribution in [3.63, 3.8) is 0 Å². The Morgan fingerprint density at radius 3 is 2.22 bits per heavy atom. The van der Waals surface area contributed by atoms with Crippen molar-refractivity contribution in [2.24, 2.45) is 0 Å². The zero-order chi connectivity index (χ0) is 23.4. The SMILES string of the molecule is CCOC(=O)c1ccc(NC(=O)C[C@H]2C(=O)N(c3ccc(C)cc3)C(=O)N2C(C)C)cc1. The van der Waals surface area contributed by atoms with E-state index in [-0.39, 0.29) is 19.1 Å². The van der Waals surface area contributed by atoms with Gasteiger partial charge in [-0.1, -0.05) is 17.7 Å². The molecule has 0 radical (unpaired) electrons. The van der Waals surface area contributed by atoms with E-state index >= 15 is 0 Å². The lowest BCUT2D eigenvalue weighted by molar-refractivity contribution is -0.124. The third-order valence-corrected chi connectivity index (χ3v) is 5.16. The number of anilines is 2. The molecule has 1 N–H and O–H groups in total. The van der Waals surface area contributed by atoms with Crippen molar-refractivity contribution >= 4 is 35.2 Å². The topological polar surface area (TPSA) is 96.0 Å². The first-order valence-electron chi connectivity index (χ1n) is 10.5. The summed E-state index contributed by atoms with van der Waals surface area (Å²) in [5, 5.41) is 2.72. The Hall–Kier alpha value is -3.68. The van der Waals surface area contributed by atoms with Crippen LogP contribution in [0.4, 0.5) is 16.2 Å². The minimum atomic E-state index is -0.900. The van der Waals surface area contributed by atoms with Crippen LogP contribution in [0, 0.1) is 6.92 Å². The van der Waals surface area contributed by atoms with Crippen LogP contribution in [-0.4, -0.2) is 47.4 Å². The number of ether oxygens (including phenoxy) is 1. The number of nitrogens with one attached hydrogen (secondary N) is 1. The standard InChI is InChI=1S/C24H27N3O5/c1-5-32-23(30)17-8-10-18(11-9-17)25-21(28)14-20-22(29)27(24(31)26(20)15(2)3)19-12-6-16(4)7-13-19/h6-13,15,20H,5,14H2,1-4H3,(H,25,28)/t20-/m0/s1. The molecular weight excluding hydrogens is 410 g/mol. The first kappa shape index (κ1) is 23.0. The van der Waals surface area contributed by atoms with Crippen molar-refractivity contribution in [2.45, 2.75) is 46.2 Å². The molecule has 4 amide bonds. The quantitative estimate of drug-likeness (QED) is 0.526. The van der Waals surface area contributed by atoms with Crippen LogP contribution in [0.2, 0.25) is 0 Å². The van der Waals surface area contributed by atoms with Crippen molar-refractivity contribution in [1.82, 2.24) is 4.90 Å². The zero-order valence-corrected chi connectivity index (χ0v) is 18.6. The highest BCUT2D eigenvalue weighted by Gasteiger charge is 2.47. The first-order valence-corrected chi connectivity index (χ1v) is 10.5. The first-order chi connectivity index (χ1) is 15.2. The fourth-order valence-electron chi connectivity index (χ4n) is 3.60. The number of aryl methyl sites for hydroxylation is 1. The smallest absolute Gasteiger partial charge is 0.338 e. The molecule has 0 spiro atoms. The molecule has 1 aliphatic heterocycles. The van der Waals surface area contributed by atoms with Gasteiger partial charge in [0.25, 0.3) is 5.91 Å². The van der Waals surface area contributed by atoms with Gasteiger partial charge in [0, 0.05) is 11.7 Å². The lowest BCUT2D eigenvalue weighted by atomic mass is 10.1. The van der Waals surface area contributed by atoms with Gasteiger partial charge in [0.05, 0.1) is 24.3 Å². The summed E-state index contributed by atoms with van der Waals surface area (Å²) in [5.41, 5.74) is 2.35. The Bertz CT molecular complexity index is 1010. The van der Waals surface area contributed by atoms with Gasteiger partial charge in [0.1, 0.15) is 6.04 Å². The van der Waals surface area contributed by atoms with Gasteiger partial charge in [-0.15, -0.1) is 0 Å². The molecule has 32 heavy (non-hydrogen) atoms. The Balaban J connectivity index is 1.73. The van der Waals surface area contributed by atoms with Gasteiger partial charge in [-0.3, -0.25) is 9.59 Å². The van der Waals surface area contributed by atoms with Gasteiger partial charge < -0.3 is 15.0 Å². The molecule has 1 aliphatic rings. The summed E-state index contributed by atoms with van der Waals surface area (Å²) in [5.74, 6) is -1.28. The van der Waals surface area contributed by atoms with E-state index in [1.165, 1.54) is 4.90 Å². The lowest BCUT2D eigenvalue weighted by Gasteiger charge is -2.25. The van der Waals surface area contributed by atoms with Gasteiger partial charge >= 0.3 is 12.0 Å². The maximum Gasteiger partial charge on any atom is 0.338 e. The molecule has 1 fully saturated rings. The second-order valence-corrected chi connectivity index (χ2v) is 7.86. The van der Waals surface area contributed by atoms with Gasteiger partial charge in [-0.25, -0.2) is 14.5 Å². The van der Waals surface area contributed by atoms with Gasteiger partial charge in [0.15, 0.2) is 0 Å². The number of amides is 4. The fourth-order valence-corrected chi connectivity index (χ4v) is 3.60. The largest absolute Gasteiger partial charge is 0.462 e. The highest BCUT2D eigenvalue weighted by molar-refractivity contribution is 6.22.